The fraction of sp³-hybridized carbons (Fsp3) is 0.556. The Kier molecular flexibility index (Phi) is 4.58. The molecule has 0 spiro atoms. The summed E-state index contributed by atoms with van der Waals surface area (Å²) in [5.74, 6) is -0.612. The van der Waals surface area contributed by atoms with Gasteiger partial charge in [-0.25, -0.2) is 4.79 Å². The minimum Gasteiger partial charge on any atom is -0.480 e. The van der Waals surface area contributed by atoms with Gasteiger partial charge in [0.15, 0.2) is 5.82 Å². The van der Waals surface area contributed by atoms with Crippen molar-refractivity contribution in [3.8, 4) is 0 Å². The summed E-state index contributed by atoms with van der Waals surface area (Å²) < 4.78 is 4.75. The third kappa shape index (κ3) is 4.60. The summed E-state index contributed by atoms with van der Waals surface area (Å²) in [7, 11) is 0. The van der Waals surface area contributed by atoms with Gasteiger partial charge >= 0.3 is 5.97 Å². The van der Waals surface area contributed by atoms with Crippen LogP contribution in [0.15, 0.2) is 4.52 Å². The number of nitrogens with zero attached hydrogens (tertiary/aromatic N) is 2. The van der Waals surface area contributed by atoms with Gasteiger partial charge in [0.05, 0.1) is 6.54 Å². The van der Waals surface area contributed by atoms with Crippen LogP contribution in [0.2, 0.25) is 0 Å². The molecule has 0 saturated heterocycles. The fourth-order valence-electron chi connectivity index (χ4n) is 1.19. The molecule has 1 heterocycles. The SMILES string of the molecule is CC(=O)NC(CNCc1noc(C)n1)C(=O)O. The lowest BCUT2D eigenvalue weighted by Crippen LogP contribution is -2.46. The molecule has 8 heteroatoms. The number of carbonyl (C=O) groups excluding carboxylic acids is 1. The van der Waals surface area contributed by atoms with Gasteiger partial charge in [0.2, 0.25) is 11.8 Å². The number of carboxylic acids is 1. The summed E-state index contributed by atoms with van der Waals surface area (Å²) in [4.78, 5) is 25.5. The molecule has 1 atom stereocenters. The molecule has 0 bridgehead atoms. The molecule has 0 saturated carbocycles. The quantitative estimate of drug-likeness (QED) is 0.589. The van der Waals surface area contributed by atoms with Crippen LogP contribution in [0, 0.1) is 6.92 Å². The van der Waals surface area contributed by atoms with E-state index in [-0.39, 0.29) is 13.1 Å². The van der Waals surface area contributed by atoms with Gasteiger partial charge in [0.25, 0.3) is 0 Å². The molecule has 8 nitrogen and oxygen atoms in total. The van der Waals surface area contributed by atoms with E-state index in [4.69, 9.17) is 9.63 Å². The number of rotatable bonds is 6. The van der Waals surface area contributed by atoms with Crippen molar-refractivity contribution in [3.63, 3.8) is 0 Å². The van der Waals surface area contributed by atoms with Gasteiger partial charge in [-0.2, -0.15) is 4.98 Å². The van der Waals surface area contributed by atoms with Crippen LogP contribution < -0.4 is 10.6 Å². The monoisotopic (exact) mass is 242 g/mol. The molecule has 1 aromatic rings. The van der Waals surface area contributed by atoms with Crippen LogP contribution in [-0.2, 0) is 16.1 Å². The van der Waals surface area contributed by atoms with Gasteiger partial charge in [-0.1, -0.05) is 5.16 Å². The first-order valence-corrected chi connectivity index (χ1v) is 4.99. The van der Waals surface area contributed by atoms with Crippen molar-refractivity contribution in [2.75, 3.05) is 6.54 Å². The van der Waals surface area contributed by atoms with Crippen LogP contribution >= 0.6 is 0 Å². The number of carbonyl (C=O) groups is 2. The highest BCUT2D eigenvalue weighted by Gasteiger charge is 2.17. The van der Waals surface area contributed by atoms with E-state index in [1.165, 1.54) is 6.92 Å². The Morgan fingerprint density at radius 2 is 2.24 bits per heavy atom. The van der Waals surface area contributed by atoms with Gasteiger partial charge in [0.1, 0.15) is 6.04 Å². The number of hydrogen-bond acceptors (Lipinski definition) is 6. The predicted octanol–water partition coefficient (Wildman–Crippen LogP) is -0.943. The van der Waals surface area contributed by atoms with E-state index in [0.29, 0.717) is 11.7 Å². The Hall–Kier alpha value is -1.96. The number of nitrogens with one attached hydrogen (secondary N) is 2. The van der Waals surface area contributed by atoms with Crippen molar-refractivity contribution >= 4 is 11.9 Å². The zero-order valence-electron chi connectivity index (χ0n) is 9.56. The highest BCUT2D eigenvalue weighted by Crippen LogP contribution is 1.94. The Morgan fingerprint density at radius 3 is 2.71 bits per heavy atom. The molecule has 0 aromatic carbocycles. The Balaban J connectivity index is 2.37. The van der Waals surface area contributed by atoms with Gasteiger partial charge in [-0.15, -0.1) is 0 Å². The van der Waals surface area contributed by atoms with Gasteiger partial charge in [-0.05, 0) is 0 Å². The maximum Gasteiger partial charge on any atom is 0.327 e. The Morgan fingerprint density at radius 1 is 1.53 bits per heavy atom. The lowest BCUT2D eigenvalue weighted by atomic mass is 10.3. The third-order valence-corrected chi connectivity index (χ3v) is 1.88. The highest BCUT2D eigenvalue weighted by atomic mass is 16.5. The summed E-state index contributed by atoms with van der Waals surface area (Å²) in [6, 6.07) is -0.972. The summed E-state index contributed by atoms with van der Waals surface area (Å²) in [5.41, 5.74) is 0. The minimum atomic E-state index is -1.10. The van der Waals surface area contributed by atoms with Crippen LogP contribution in [0.25, 0.3) is 0 Å². The summed E-state index contributed by atoms with van der Waals surface area (Å²) in [5, 5.41) is 17.6. The van der Waals surface area contributed by atoms with Crippen LogP contribution in [-0.4, -0.2) is 39.7 Å². The maximum atomic E-state index is 10.8. The van der Waals surface area contributed by atoms with Crippen molar-refractivity contribution < 1.29 is 19.2 Å². The van der Waals surface area contributed by atoms with E-state index >= 15 is 0 Å². The zero-order valence-corrected chi connectivity index (χ0v) is 9.56. The van der Waals surface area contributed by atoms with Gasteiger partial charge in [-0.3, -0.25) is 4.79 Å². The highest BCUT2D eigenvalue weighted by molar-refractivity contribution is 5.82. The summed E-state index contributed by atoms with van der Waals surface area (Å²) in [6.07, 6.45) is 0. The van der Waals surface area contributed by atoms with Crippen molar-refractivity contribution in [1.29, 1.82) is 0 Å². The molecular formula is C9H14N4O4. The van der Waals surface area contributed by atoms with Gasteiger partial charge in [0, 0.05) is 20.4 Å². The normalized spacial score (nSPS) is 12.1. The van der Waals surface area contributed by atoms with Crippen molar-refractivity contribution in [2.24, 2.45) is 0 Å². The third-order valence-electron chi connectivity index (χ3n) is 1.88. The van der Waals surface area contributed by atoms with E-state index < -0.39 is 17.9 Å². The van der Waals surface area contributed by atoms with Crippen LogP contribution in [0.3, 0.4) is 0 Å². The molecule has 3 N–H and O–H groups in total. The second-order valence-electron chi connectivity index (χ2n) is 3.45. The van der Waals surface area contributed by atoms with Crippen LogP contribution in [0.1, 0.15) is 18.6 Å². The largest absolute Gasteiger partial charge is 0.480 e. The minimum absolute atomic E-state index is 0.0858. The summed E-state index contributed by atoms with van der Waals surface area (Å²) >= 11 is 0. The average Bonchev–Trinajstić information content (AvgIpc) is 2.62. The van der Waals surface area contributed by atoms with E-state index in [1.807, 2.05) is 0 Å². The number of aliphatic carboxylic acids is 1. The van der Waals surface area contributed by atoms with Crippen molar-refractivity contribution in [2.45, 2.75) is 26.4 Å². The first-order chi connectivity index (χ1) is 7.99. The first-order valence-electron chi connectivity index (χ1n) is 4.99. The molecule has 1 amide bonds. The molecule has 1 aromatic heterocycles. The molecule has 0 aliphatic heterocycles. The van der Waals surface area contributed by atoms with Crippen molar-refractivity contribution in [1.82, 2.24) is 20.8 Å². The topological polar surface area (TPSA) is 117 Å². The number of amides is 1. The average molecular weight is 242 g/mol. The molecule has 0 radical (unpaired) electrons. The number of aromatic nitrogens is 2. The molecule has 1 unspecified atom stereocenters. The molecule has 0 aliphatic carbocycles. The predicted molar refractivity (Wildman–Crippen MR) is 56.0 cm³/mol. The zero-order chi connectivity index (χ0) is 12.8. The molecule has 1 rings (SSSR count). The first kappa shape index (κ1) is 13.1. The standard InChI is InChI=1S/C9H14N4O4/c1-5(14)11-7(9(15)16)3-10-4-8-12-6(2)17-13-8/h7,10H,3-4H2,1-2H3,(H,11,14)(H,15,16). The molecule has 0 fully saturated rings. The lowest BCUT2D eigenvalue weighted by Gasteiger charge is -2.12. The Bertz CT molecular complexity index is 403. The van der Waals surface area contributed by atoms with E-state index in [1.54, 1.807) is 6.92 Å². The molecule has 17 heavy (non-hydrogen) atoms. The number of aryl methyl sites for hydroxylation is 1. The number of hydrogen-bond donors (Lipinski definition) is 3. The van der Waals surface area contributed by atoms with E-state index in [2.05, 4.69) is 20.8 Å². The second kappa shape index (κ2) is 5.94. The fourth-order valence-corrected chi connectivity index (χ4v) is 1.19. The van der Waals surface area contributed by atoms with E-state index in [0.717, 1.165) is 0 Å². The molecular weight excluding hydrogens is 228 g/mol. The summed E-state index contributed by atoms with van der Waals surface area (Å²) in [6.45, 7) is 3.29. The molecule has 0 aliphatic rings. The smallest absolute Gasteiger partial charge is 0.327 e. The molecule has 94 valence electrons. The van der Waals surface area contributed by atoms with E-state index in [9.17, 15) is 9.59 Å². The number of carboxylic acid groups (broad SMARTS) is 1. The van der Waals surface area contributed by atoms with Gasteiger partial charge < -0.3 is 20.3 Å². The van der Waals surface area contributed by atoms with Crippen LogP contribution in [0.4, 0.5) is 0 Å². The second-order valence-corrected chi connectivity index (χ2v) is 3.45. The van der Waals surface area contributed by atoms with Crippen LogP contribution in [0.5, 0.6) is 0 Å². The lowest BCUT2D eigenvalue weighted by molar-refractivity contribution is -0.141. The van der Waals surface area contributed by atoms with Crippen molar-refractivity contribution in [3.05, 3.63) is 11.7 Å². The Labute approximate surface area is 97.4 Å². The maximum absolute atomic E-state index is 10.8.